The SMILES string of the molecule is C=C(C(=O)N1CCC(O)CC1)c1cc[c]c(Cl)c1. The highest BCUT2D eigenvalue weighted by Crippen LogP contribution is 2.21. The minimum absolute atomic E-state index is 0.0934. The molecule has 1 aliphatic rings. The Morgan fingerprint density at radius 2 is 2.17 bits per heavy atom. The molecule has 0 spiro atoms. The molecular formula is C14H15ClNO2. The molecule has 1 radical (unpaired) electrons. The molecule has 1 amide bonds. The summed E-state index contributed by atoms with van der Waals surface area (Å²) in [4.78, 5) is 13.9. The average Bonchev–Trinajstić information content (AvgIpc) is 2.38. The molecule has 1 aromatic carbocycles. The molecule has 0 bridgehead atoms. The van der Waals surface area contributed by atoms with Gasteiger partial charge < -0.3 is 10.0 Å². The van der Waals surface area contributed by atoms with Crippen LogP contribution in [0.4, 0.5) is 0 Å². The number of aliphatic hydroxyl groups is 1. The summed E-state index contributed by atoms with van der Waals surface area (Å²) < 4.78 is 0. The van der Waals surface area contributed by atoms with E-state index in [4.69, 9.17) is 11.6 Å². The van der Waals surface area contributed by atoms with Gasteiger partial charge in [-0.05, 0) is 24.5 Å². The number of likely N-dealkylation sites (tertiary alicyclic amines) is 1. The van der Waals surface area contributed by atoms with Crippen LogP contribution in [0.5, 0.6) is 0 Å². The van der Waals surface area contributed by atoms with Crippen molar-refractivity contribution in [3.8, 4) is 0 Å². The molecule has 0 aromatic heterocycles. The van der Waals surface area contributed by atoms with E-state index in [0.717, 1.165) is 5.56 Å². The van der Waals surface area contributed by atoms with Crippen LogP contribution in [-0.2, 0) is 4.79 Å². The zero-order valence-corrected chi connectivity index (χ0v) is 10.8. The van der Waals surface area contributed by atoms with Gasteiger partial charge in [-0.25, -0.2) is 0 Å². The van der Waals surface area contributed by atoms with Crippen LogP contribution in [0.2, 0.25) is 5.02 Å². The third-order valence-electron chi connectivity index (χ3n) is 3.12. The smallest absolute Gasteiger partial charge is 0.253 e. The van der Waals surface area contributed by atoms with Gasteiger partial charge in [0, 0.05) is 29.8 Å². The number of carbonyl (C=O) groups is 1. The van der Waals surface area contributed by atoms with Crippen molar-refractivity contribution in [3.05, 3.63) is 41.4 Å². The monoisotopic (exact) mass is 264 g/mol. The first-order valence-electron chi connectivity index (χ1n) is 5.92. The molecule has 1 saturated heterocycles. The average molecular weight is 265 g/mol. The van der Waals surface area contributed by atoms with Crippen molar-refractivity contribution in [2.75, 3.05) is 13.1 Å². The predicted molar refractivity (Wildman–Crippen MR) is 71.1 cm³/mol. The Labute approximate surface area is 112 Å². The number of rotatable bonds is 2. The van der Waals surface area contributed by atoms with Crippen LogP contribution >= 0.6 is 11.6 Å². The summed E-state index contributed by atoms with van der Waals surface area (Å²) in [6.45, 7) is 4.98. The molecule has 1 fully saturated rings. The fraction of sp³-hybridized carbons (Fsp3) is 0.357. The lowest BCUT2D eigenvalue weighted by Crippen LogP contribution is -2.40. The summed E-state index contributed by atoms with van der Waals surface area (Å²) in [7, 11) is 0. The van der Waals surface area contributed by atoms with Crippen molar-refractivity contribution in [2.24, 2.45) is 0 Å². The van der Waals surface area contributed by atoms with Gasteiger partial charge >= 0.3 is 0 Å². The van der Waals surface area contributed by atoms with Crippen molar-refractivity contribution in [2.45, 2.75) is 18.9 Å². The van der Waals surface area contributed by atoms with E-state index in [0.29, 0.717) is 36.5 Å². The summed E-state index contributed by atoms with van der Waals surface area (Å²) in [5.41, 5.74) is 1.15. The number of halogens is 1. The zero-order valence-electron chi connectivity index (χ0n) is 10.0. The Hall–Kier alpha value is -1.32. The molecule has 0 aliphatic carbocycles. The second-order valence-corrected chi connectivity index (χ2v) is 4.83. The third kappa shape index (κ3) is 2.92. The van der Waals surface area contributed by atoms with Gasteiger partial charge in [0.1, 0.15) is 0 Å². The van der Waals surface area contributed by atoms with Gasteiger partial charge in [0.25, 0.3) is 5.91 Å². The van der Waals surface area contributed by atoms with E-state index in [1.165, 1.54) is 0 Å². The summed E-state index contributed by atoms with van der Waals surface area (Å²) >= 11 is 5.84. The number of nitrogens with zero attached hydrogens (tertiary/aromatic N) is 1. The maximum absolute atomic E-state index is 12.2. The molecule has 1 heterocycles. The summed E-state index contributed by atoms with van der Waals surface area (Å²) in [6, 6.07) is 7.94. The van der Waals surface area contributed by atoms with Gasteiger partial charge in [0.05, 0.1) is 6.10 Å². The summed E-state index contributed by atoms with van der Waals surface area (Å²) in [5, 5.41) is 9.89. The minimum atomic E-state index is -0.289. The van der Waals surface area contributed by atoms with Gasteiger partial charge in [-0.15, -0.1) is 0 Å². The number of carbonyl (C=O) groups excluding carboxylic acids is 1. The maximum atomic E-state index is 12.2. The highest BCUT2D eigenvalue weighted by atomic mass is 35.5. The Kier molecular flexibility index (Phi) is 4.04. The number of amides is 1. The Balaban J connectivity index is 2.07. The predicted octanol–water partition coefficient (Wildman–Crippen LogP) is 2.14. The van der Waals surface area contributed by atoms with Crippen LogP contribution in [0, 0.1) is 6.07 Å². The number of hydrogen-bond acceptors (Lipinski definition) is 2. The van der Waals surface area contributed by atoms with E-state index < -0.39 is 0 Å². The largest absolute Gasteiger partial charge is 0.393 e. The van der Waals surface area contributed by atoms with Crippen molar-refractivity contribution >= 4 is 23.1 Å². The molecule has 0 atom stereocenters. The second kappa shape index (κ2) is 5.55. The van der Waals surface area contributed by atoms with E-state index in [-0.39, 0.29) is 12.0 Å². The first-order valence-corrected chi connectivity index (χ1v) is 6.29. The minimum Gasteiger partial charge on any atom is -0.393 e. The summed E-state index contributed by atoms with van der Waals surface area (Å²) in [6.07, 6.45) is 0.966. The molecular weight excluding hydrogens is 250 g/mol. The first-order chi connectivity index (χ1) is 8.58. The van der Waals surface area contributed by atoms with Crippen LogP contribution in [0.25, 0.3) is 5.57 Å². The molecule has 2 rings (SSSR count). The van der Waals surface area contributed by atoms with Gasteiger partial charge in [-0.3, -0.25) is 4.79 Å². The fourth-order valence-corrected chi connectivity index (χ4v) is 2.19. The van der Waals surface area contributed by atoms with Crippen LogP contribution in [0.15, 0.2) is 24.8 Å². The Morgan fingerprint density at radius 3 is 2.78 bits per heavy atom. The molecule has 0 unspecified atom stereocenters. The number of benzene rings is 1. The van der Waals surface area contributed by atoms with Gasteiger partial charge in [0.15, 0.2) is 0 Å². The first kappa shape index (κ1) is 13.1. The molecule has 1 aliphatic heterocycles. The normalized spacial score (nSPS) is 16.7. The van der Waals surface area contributed by atoms with Gasteiger partial charge in [-0.1, -0.05) is 30.3 Å². The lowest BCUT2D eigenvalue weighted by atomic mass is 10.0. The van der Waals surface area contributed by atoms with Crippen LogP contribution in [0.3, 0.4) is 0 Å². The van der Waals surface area contributed by atoms with E-state index in [2.05, 4.69) is 12.6 Å². The van der Waals surface area contributed by atoms with E-state index in [1.807, 2.05) is 0 Å². The highest BCUT2D eigenvalue weighted by Gasteiger charge is 2.23. The summed E-state index contributed by atoms with van der Waals surface area (Å²) in [5.74, 6) is -0.0934. The molecule has 1 aromatic rings. The fourth-order valence-electron chi connectivity index (χ4n) is 2.01. The lowest BCUT2D eigenvalue weighted by molar-refractivity contribution is -0.126. The van der Waals surface area contributed by atoms with Crippen molar-refractivity contribution < 1.29 is 9.90 Å². The molecule has 18 heavy (non-hydrogen) atoms. The number of piperidine rings is 1. The number of hydrogen-bond donors (Lipinski definition) is 1. The van der Waals surface area contributed by atoms with E-state index in [9.17, 15) is 9.90 Å². The van der Waals surface area contributed by atoms with Crippen molar-refractivity contribution in [1.29, 1.82) is 0 Å². The standard InChI is InChI=1S/C14H15ClNO2/c1-10(11-3-2-4-12(15)9-11)14(18)16-7-5-13(17)6-8-16/h2-3,9,13,17H,1,5-8H2. The van der Waals surface area contributed by atoms with Crippen LogP contribution in [0.1, 0.15) is 18.4 Å². The molecule has 4 heteroatoms. The topological polar surface area (TPSA) is 40.5 Å². The Bertz CT molecular complexity index is 465. The van der Waals surface area contributed by atoms with Gasteiger partial charge in [-0.2, -0.15) is 0 Å². The van der Waals surface area contributed by atoms with E-state index >= 15 is 0 Å². The Morgan fingerprint density at radius 1 is 1.50 bits per heavy atom. The van der Waals surface area contributed by atoms with Crippen LogP contribution in [-0.4, -0.2) is 35.1 Å². The van der Waals surface area contributed by atoms with E-state index in [1.54, 1.807) is 23.1 Å². The molecule has 95 valence electrons. The van der Waals surface area contributed by atoms with Crippen molar-refractivity contribution in [1.82, 2.24) is 4.90 Å². The maximum Gasteiger partial charge on any atom is 0.253 e. The molecule has 0 saturated carbocycles. The highest BCUT2D eigenvalue weighted by molar-refractivity contribution is 6.31. The molecule has 3 nitrogen and oxygen atoms in total. The van der Waals surface area contributed by atoms with Crippen molar-refractivity contribution in [3.63, 3.8) is 0 Å². The van der Waals surface area contributed by atoms with Gasteiger partial charge in [0.2, 0.25) is 0 Å². The number of aliphatic hydroxyl groups excluding tert-OH is 1. The van der Waals surface area contributed by atoms with Crippen LogP contribution < -0.4 is 0 Å². The quantitative estimate of drug-likeness (QED) is 0.832. The zero-order chi connectivity index (χ0) is 13.1. The lowest BCUT2D eigenvalue weighted by Gasteiger charge is -2.30. The second-order valence-electron chi connectivity index (χ2n) is 4.43. The molecule has 1 N–H and O–H groups in total. The third-order valence-corrected chi connectivity index (χ3v) is 3.34.